The Morgan fingerprint density at radius 3 is 2.31 bits per heavy atom. The predicted octanol–water partition coefficient (Wildman–Crippen LogP) is 6.32. The van der Waals surface area contributed by atoms with Crippen LogP contribution in [0.3, 0.4) is 0 Å². The Morgan fingerprint density at radius 2 is 1.59 bits per heavy atom. The molecule has 1 heterocycles. The van der Waals surface area contributed by atoms with Crippen molar-refractivity contribution in [2.75, 3.05) is 5.32 Å². The maximum atomic E-state index is 14.1. The number of nitrogens with one attached hydrogen (secondary N) is 1. The molecule has 0 radical (unpaired) electrons. The van der Waals surface area contributed by atoms with E-state index in [1.165, 1.54) is 12.1 Å². The maximum absolute atomic E-state index is 14.1. The summed E-state index contributed by atoms with van der Waals surface area (Å²) in [6.07, 6.45) is 0. The minimum atomic E-state index is -0.307. The Labute approximate surface area is 186 Å². The van der Waals surface area contributed by atoms with Crippen LogP contribution in [0.4, 0.5) is 15.8 Å². The minimum Gasteiger partial charge on any atom is -0.354 e. The highest BCUT2D eigenvalue weighted by atomic mass is 19.1. The molecule has 0 amide bonds. The van der Waals surface area contributed by atoms with Crippen molar-refractivity contribution in [1.29, 1.82) is 0 Å². The van der Waals surface area contributed by atoms with Gasteiger partial charge in [-0.25, -0.2) is 9.37 Å². The molecule has 2 aliphatic rings. The van der Waals surface area contributed by atoms with Crippen LogP contribution in [0.2, 0.25) is 0 Å². The van der Waals surface area contributed by atoms with E-state index in [-0.39, 0.29) is 11.9 Å². The third-order valence-corrected chi connectivity index (χ3v) is 5.22. The van der Waals surface area contributed by atoms with Crippen LogP contribution in [0.1, 0.15) is 13.8 Å². The molecule has 158 valence electrons. The van der Waals surface area contributed by atoms with E-state index in [0.29, 0.717) is 5.52 Å². The smallest absolute Gasteiger partial charge is 0.125 e. The highest BCUT2D eigenvalue weighted by Gasteiger charge is 2.17. The van der Waals surface area contributed by atoms with Gasteiger partial charge in [-0.3, -0.25) is 4.99 Å². The number of halogens is 1. The normalized spacial score (nSPS) is 12.1. The van der Waals surface area contributed by atoms with E-state index in [1.54, 1.807) is 6.07 Å². The molecule has 0 fully saturated rings. The number of aromatic nitrogens is 2. The summed E-state index contributed by atoms with van der Waals surface area (Å²) >= 11 is 0. The quantitative estimate of drug-likeness (QED) is 0.344. The first-order valence-electron chi connectivity index (χ1n) is 10.7. The fourth-order valence-corrected chi connectivity index (χ4v) is 3.89. The van der Waals surface area contributed by atoms with E-state index >= 15 is 0 Å². The average molecular weight is 423 g/mol. The molecule has 3 aromatic rings. The molecule has 32 heavy (non-hydrogen) atoms. The number of hydrogen-bond acceptors (Lipinski definition) is 3. The molecule has 0 unspecified atom stereocenters. The Hall–Kier alpha value is -3.99. The molecule has 5 rings (SSSR count). The van der Waals surface area contributed by atoms with Gasteiger partial charge >= 0.3 is 0 Å². The summed E-state index contributed by atoms with van der Waals surface area (Å²) in [7, 11) is 0. The summed E-state index contributed by atoms with van der Waals surface area (Å²) < 4.78 is 16.2. The summed E-state index contributed by atoms with van der Waals surface area (Å²) in [5.74, 6) is -0.307. The minimum absolute atomic E-state index is 0.122. The second-order valence-corrected chi connectivity index (χ2v) is 7.99. The second-order valence-electron chi connectivity index (χ2n) is 7.99. The number of hydrogen-bond donors (Lipinski definition) is 1. The van der Waals surface area contributed by atoms with Crippen molar-refractivity contribution in [3.05, 3.63) is 102 Å². The zero-order valence-electron chi connectivity index (χ0n) is 18.0. The van der Waals surface area contributed by atoms with Crippen molar-refractivity contribution in [2.45, 2.75) is 19.9 Å². The zero-order valence-corrected chi connectivity index (χ0v) is 18.0. The van der Waals surface area contributed by atoms with Gasteiger partial charge in [-0.15, -0.1) is 0 Å². The zero-order chi connectivity index (χ0) is 22.1. The van der Waals surface area contributed by atoms with Crippen LogP contribution in [0.25, 0.3) is 28.1 Å². The highest BCUT2D eigenvalue weighted by Crippen LogP contribution is 2.30. The topological polar surface area (TPSA) is 42.2 Å². The molecule has 0 spiro atoms. The van der Waals surface area contributed by atoms with Crippen LogP contribution < -0.4 is 10.7 Å². The molecule has 0 saturated carbocycles. The van der Waals surface area contributed by atoms with E-state index in [1.807, 2.05) is 66.7 Å². The number of fused-ring (bicyclic) bond motifs is 2. The van der Waals surface area contributed by atoms with Gasteiger partial charge in [0.1, 0.15) is 5.82 Å². The van der Waals surface area contributed by atoms with Gasteiger partial charge in [-0.1, -0.05) is 36.4 Å². The van der Waals surface area contributed by atoms with E-state index in [9.17, 15) is 4.39 Å². The molecule has 1 aliphatic carbocycles. The molecule has 0 atom stereocenters. The van der Waals surface area contributed by atoms with Crippen LogP contribution in [0.5, 0.6) is 0 Å². The van der Waals surface area contributed by atoms with Crippen LogP contribution in [-0.2, 0) is 0 Å². The lowest BCUT2D eigenvalue weighted by Crippen LogP contribution is -2.16. The molecule has 0 aromatic heterocycles. The number of benzene rings is 4. The van der Waals surface area contributed by atoms with Crippen molar-refractivity contribution in [1.82, 2.24) is 9.55 Å². The van der Waals surface area contributed by atoms with Crippen molar-refractivity contribution >= 4 is 22.4 Å². The SMILES string of the molecule is CC(C)N=c1cc2n(-c3ccccc3)c3ccc(F)cc3nc-2cc1Nc1ccccc1. The van der Waals surface area contributed by atoms with Crippen LogP contribution >= 0.6 is 0 Å². The van der Waals surface area contributed by atoms with Gasteiger partial charge in [0.05, 0.1) is 33.5 Å². The first-order valence-corrected chi connectivity index (χ1v) is 10.7. The lowest BCUT2D eigenvalue weighted by atomic mass is 10.1. The summed E-state index contributed by atoms with van der Waals surface area (Å²) in [5.41, 5.74) is 5.91. The molecular weight excluding hydrogens is 399 g/mol. The standard InChI is InChI=1S/C27H23FN4/c1-18(2)29-23-17-27-25(16-22(23)30-20-9-5-3-6-10-20)31-24-15-19(28)13-14-26(24)32(27)21-11-7-4-8-12-21/h3-18,30H,1-2H3. The lowest BCUT2D eigenvalue weighted by molar-refractivity contribution is 0.629. The van der Waals surface area contributed by atoms with Crippen LogP contribution in [-0.4, -0.2) is 15.6 Å². The first kappa shape index (κ1) is 19.9. The monoisotopic (exact) mass is 422 g/mol. The second kappa shape index (κ2) is 8.27. The summed E-state index contributed by atoms with van der Waals surface area (Å²) in [5, 5.41) is 4.32. The number of rotatable bonds is 4. The Bertz CT molecular complexity index is 1420. The third-order valence-electron chi connectivity index (χ3n) is 5.22. The molecule has 5 heteroatoms. The fraction of sp³-hybridized carbons (Fsp3) is 0.111. The Morgan fingerprint density at radius 1 is 0.875 bits per heavy atom. The maximum Gasteiger partial charge on any atom is 0.125 e. The van der Waals surface area contributed by atoms with Gasteiger partial charge in [-0.05, 0) is 62.4 Å². The molecule has 3 aromatic carbocycles. The highest BCUT2D eigenvalue weighted by molar-refractivity contribution is 5.84. The molecule has 1 N–H and O–H groups in total. The van der Waals surface area contributed by atoms with Crippen molar-refractivity contribution in [3.63, 3.8) is 0 Å². The van der Waals surface area contributed by atoms with Gasteiger partial charge in [0.25, 0.3) is 0 Å². The average Bonchev–Trinajstić information content (AvgIpc) is 2.79. The summed E-state index contributed by atoms with van der Waals surface area (Å²) in [6.45, 7) is 4.12. The van der Waals surface area contributed by atoms with Gasteiger partial charge in [0.2, 0.25) is 0 Å². The lowest BCUT2D eigenvalue weighted by Gasteiger charge is -2.20. The van der Waals surface area contributed by atoms with E-state index in [4.69, 9.17) is 9.98 Å². The van der Waals surface area contributed by atoms with Crippen molar-refractivity contribution < 1.29 is 4.39 Å². The fourth-order valence-electron chi connectivity index (χ4n) is 3.89. The van der Waals surface area contributed by atoms with Crippen molar-refractivity contribution in [3.8, 4) is 17.1 Å². The number of nitrogens with zero attached hydrogens (tertiary/aromatic N) is 3. The van der Waals surface area contributed by atoms with Gasteiger partial charge in [0.15, 0.2) is 0 Å². The van der Waals surface area contributed by atoms with Gasteiger partial charge < -0.3 is 9.88 Å². The third kappa shape index (κ3) is 3.85. The van der Waals surface area contributed by atoms with Gasteiger partial charge in [0, 0.05) is 23.5 Å². The van der Waals surface area contributed by atoms with E-state index in [0.717, 1.165) is 39.3 Å². The summed E-state index contributed by atoms with van der Waals surface area (Å²) in [6, 6.07) is 28.9. The van der Waals surface area contributed by atoms with E-state index < -0.39 is 0 Å². The van der Waals surface area contributed by atoms with Crippen molar-refractivity contribution in [2.24, 2.45) is 4.99 Å². The first-order chi connectivity index (χ1) is 15.6. The number of anilines is 2. The largest absolute Gasteiger partial charge is 0.354 e. The molecule has 0 saturated heterocycles. The number of para-hydroxylation sites is 2. The Kier molecular flexibility index (Phi) is 5.15. The van der Waals surface area contributed by atoms with Crippen LogP contribution in [0.15, 0.2) is 96.0 Å². The molecule has 1 aliphatic heterocycles. The van der Waals surface area contributed by atoms with Gasteiger partial charge in [-0.2, -0.15) is 0 Å². The van der Waals surface area contributed by atoms with Crippen LogP contribution in [0, 0.1) is 5.82 Å². The molecular formula is C27H23FN4. The molecule has 4 nitrogen and oxygen atoms in total. The molecule has 0 bridgehead atoms. The summed E-state index contributed by atoms with van der Waals surface area (Å²) in [4.78, 5) is 9.68. The predicted molar refractivity (Wildman–Crippen MR) is 128 cm³/mol. The van der Waals surface area contributed by atoms with E-state index in [2.05, 4.69) is 29.8 Å². The Balaban J connectivity index is 1.85.